The Bertz CT molecular complexity index is 890. The van der Waals surface area contributed by atoms with E-state index in [0.717, 1.165) is 12.0 Å². The molecule has 5 nitrogen and oxygen atoms in total. The maximum Gasteiger partial charge on any atom is 0.243 e. The van der Waals surface area contributed by atoms with Crippen molar-refractivity contribution in [3.63, 3.8) is 0 Å². The third kappa shape index (κ3) is 5.46. The van der Waals surface area contributed by atoms with Gasteiger partial charge in [-0.05, 0) is 42.9 Å². The van der Waals surface area contributed by atoms with Crippen LogP contribution in [0.25, 0.3) is 0 Å². The average molecular weight is 415 g/mol. The molecule has 1 saturated heterocycles. The van der Waals surface area contributed by atoms with Crippen LogP contribution in [0.1, 0.15) is 44.7 Å². The van der Waals surface area contributed by atoms with Gasteiger partial charge in [0.25, 0.3) is 0 Å². The number of benzene rings is 2. The molecule has 6 heteroatoms. The largest absolute Gasteiger partial charge is 0.349 e. The van der Waals surface area contributed by atoms with Crippen molar-refractivity contribution in [1.29, 1.82) is 0 Å². The first kappa shape index (κ1) is 21.5. The van der Waals surface area contributed by atoms with Gasteiger partial charge in [0, 0.05) is 19.0 Å². The molecule has 156 valence electrons. The van der Waals surface area contributed by atoms with E-state index in [2.05, 4.69) is 19.2 Å². The molecule has 1 unspecified atom stereocenters. The summed E-state index contributed by atoms with van der Waals surface area (Å²) in [4.78, 5) is 13.2. The number of carbonyl (C=O) groups excluding carboxylic acids is 1. The van der Waals surface area contributed by atoms with E-state index in [1.54, 1.807) is 30.3 Å². The lowest BCUT2D eigenvalue weighted by molar-refractivity contribution is -0.127. The SMILES string of the molecule is CC(C)CC(NC(=O)C1CCN(S(=O)(=O)c2ccccc2)CC1)c1ccccc1. The van der Waals surface area contributed by atoms with Crippen LogP contribution >= 0.6 is 0 Å². The van der Waals surface area contributed by atoms with E-state index in [0.29, 0.717) is 36.7 Å². The maximum atomic E-state index is 12.9. The monoisotopic (exact) mass is 414 g/mol. The standard InChI is InChI=1S/C23H30N2O3S/c1-18(2)17-22(19-9-5-3-6-10-19)24-23(26)20-13-15-25(16-14-20)29(27,28)21-11-7-4-8-12-21/h3-12,18,20,22H,13-17H2,1-2H3,(H,24,26). The molecule has 1 heterocycles. The Morgan fingerprint density at radius 3 is 2.10 bits per heavy atom. The molecule has 0 spiro atoms. The average Bonchev–Trinajstić information content (AvgIpc) is 2.74. The second-order valence-corrected chi connectivity index (χ2v) is 10.0. The van der Waals surface area contributed by atoms with Crippen molar-refractivity contribution < 1.29 is 13.2 Å². The van der Waals surface area contributed by atoms with Crippen molar-refractivity contribution in [3.05, 3.63) is 66.2 Å². The Labute approximate surface area is 174 Å². The van der Waals surface area contributed by atoms with Gasteiger partial charge in [0.15, 0.2) is 0 Å². The summed E-state index contributed by atoms with van der Waals surface area (Å²) in [6, 6.07) is 18.5. The highest BCUT2D eigenvalue weighted by atomic mass is 32.2. The van der Waals surface area contributed by atoms with Gasteiger partial charge < -0.3 is 5.32 Å². The summed E-state index contributed by atoms with van der Waals surface area (Å²) in [7, 11) is -3.49. The normalized spacial score (nSPS) is 17.2. The summed E-state index contributed by atoms with van der Waals surface area (Å²) >= 11 is 0. The lowest BCUT2D eigenvalue weighted by atomic mass is 9.93. The van der Waals surface area contributed by atoms with Crippen LogP contribution in [0.15, 0.2) is 65.6 Å². The molecule has 0 saturated carbocycles. The third-order valence-corrected chi connectivity index (χ3v) is 7.34. The number of carbonyl (C=O) groups is 1. The van der Waals surface area contributed by atoms with Crippen LogP contribution in [-0.4, -0.2) is 31.7 Å². The molecule has 0 bridgehead atoms. The predicted octanol–water partition coefficient (Wildman–Crippen LogP) is 3.99. The van der Waals surface area contributed by atoms with Gasteiger partial charge in [-0.2, -0.15) is 4.31 Å². The molecule has 0 aromatic heterocycles. The van der Waals surface area contributed by atoms with Gasteiger partial charge in [0.1, 0.15) is 0 Å². The second kappa shape index (κ2) is 9.55. The van der Waals surface area contributed by atoms with Gasteiger partial charge in [-0.25, -0.2) is 8.42 Å². The third-order valence-electron chi connectivity index (χ3n) is 5.43. The second-order valence-electron chi connectivity index (χ2n) is 8.09. The number of nitrogens with one attached hydrogen (secondary N) is 1. The Morgan fingerprint density at radius 2 is 1.55 bits per heavy atom. The molecule has 0 radical (unpaired) electrons. The summed E-state index contributed by atoms with van der Waals surface area (Å²) in [5.74, 6) is 0.324. The van der Waals surface area contributed by atoms with Gasteiger partial charge in [-0.15, -0.1) is 0 Å². The van der Waals surface area contributed by atoms with E-state index < -0.39 is 10.0 Å². The Balaban J connectivity index is 1.62. The van der Waals surface area contributed by atoms with Crippen molar-refractivity contribution in [2.45, 2.75) is 44.0 Å². The van der Waals surface area contributed by atoms with E-state index in [9.17, 15) is 13.2 Å². The molecule has 2 aromatic carbocycles. The van der Waals surface area contributed by atoms with Crippen molar-refractivity contribution in [1.82, 2.24) is 9.62 Å². The molecule has 1 N–H and O–H groups in total. The fraction of sp³-hybridized carbons (Fsp3) is 0.435. The zero-order valence-corrected chi connectivity index (χ0v) is 17.9. The highest BCUT2D eigenvalue weighted by Gasteiger charge is 2.32. The van der Waals surface area contributed by atoms with Crippen LogP contribution in [0.2, 0.25) is 0 Å². The molecule has 1 aliphatic heterocycles. The van der Waals surface area contributed by atoms with E-state index in [1.807, 2.05) is 30.3 Å². The molecule has 1 fully saturated rings. The van der Waals surface area contributed by atoms with Crippen LogP contribution in [-0.2, 0) is 14.8 Å². The fourth-order valence-electron chi connectivity index (χ4n) is 3.82. The summed E-state index contributed by atoms with van der Waals surface area (Å²) < 4.78 is 27.0. The Hall–Kier alpha value is -2.18. The number of rotatable bonds is 7. The number of sulfonamides is 1. The van der Waals surface area contributed by atoms with E-state index in [1.165, 1.54) is 4.31 Å². The Kier molecular flexibility index (Phi) is 7.09. The van der Waals surface area contributed by atoms with Crippen molar-refractivity contribution in [2.24, 2.45) is 11.8 Å². The smallest absolute Gasteiger partial charge is 0.243 e. The molecule has 3 rings (SSSR count). The zero-order valence-electron chi connectivity index (χ0n) is 17.1. The number of piperidine rings is 1. The Morgan fingerprint density at radius 1 is 1.00 bits per heavy atom. The molecule has 29 heavy (non-hydrogen) atoms. The van der Waals surface area contributed by atoms with E-state index in [4.69, 9.17) is 0 Å². The quantitative estimate of drug-likeness (QED) is 0.745. The first-order valence-electron chi connectivity index (χ1n) is 10.3. The minimum atomic E-state index is -3.49. The number of hydrogen-bond donors (Lipinski definition) is 1. The molecule has 1 amide bonds. The van der Waals surface area contributed by atoms with Crippen LogP contribution in [0.5, 0.6) is 0 Å². The van der Waals surface area contributed by atoms with Crippen molar-refractivity contribution in [2.75, 3.05) is 13.1 Å². The summed E-state index contributed by atoms with van der Waals surface area (Å²) in [6.07, 6.45) is 1.96. The van der Waals surface area contributed by atoms with Crippen molar-refractivity contribution >= 4 is 15.9 Å². The highest BCUT2D eigenvalue weighted by molar-refractivity contribution is 7.89. The zero-order chi connectivity index (χ0) is 20.9. The minimum Gasteiger partial charge on any atom is -0.349 e. The first-order chi connectivity index (χ1) is 13.9. The highest BCUT2D eigenvalue weighted by Crippen LogP contribution is 2.26. The fourth-order valence-corrected chi connectivity index (χ4v) is 5.32. The topological polar surface area (TPSA) is 66.5 Å². The molecule has 1 atom stereocenters. The summed E-state index contributed by atoms with van der Waals surface area (Å²) in [5, 5.41) is 3.21. The van der Waals surface area contributed by atoms with Crippen LogP contribution in [0, 0.1) is 11.8 Å². The van der Waals surface area contributed by atoms with E-state index in [-0.39, 0.29) is 17.9 Å². The summed E-state index contributed by atoms with van der Waals surface area (Å²) in [5.41, 5.74) is 1.11. The molecular formula is C23H30N2O3S. The first-order valence-corrected chi connectivity index (χ1v) is 11.7. The summed E-state index contributed by atoms with van der Waals surface area (Å²) in [6.45, 7) is 5.04. The number of hydrogen-bond acceptors (Lipinski definition) is 3. The van der Waals surface area contributed by atoms with Crippen molar-refractivity contribution in [3.8, 4) is 0 Å². The van der Waals surface area contributed by atoms with E-state index >= 15 is 0 Å². The van der Waals surface area contributed by atoms with Crippen LogP contribution in [0.4, 0.5) is 0 Å². The molecule has 0 aliphatic carbocycles. The maximum absolute atomic E-state index is 12.9. The van der Waals surface area contributed by atoms with Gasteiger partial charge >= 0.3 is 0 Å². The van der Waals surface area contributed by atoms with Gasteiger partial charge in [-0.3, -0.25) is 4.79 Å². The van der Waals surface area contributed by atoms with Crippen LogP contribution < -0.4 is 5.32 Å². The lowest BCUT2D eigenvalue weighted by Gasteiger charge is -2.32. The number of amides is 1. The molecule has 2 aromatic rings. The van der Waals surface area contributed by atoms with Gasteiger partial charge in [-0.1, -0.05) is 62.4 Å². The van der Waals surface area contributed by atoms with Gasteiger partial charge in [0.05, 0.1) is 10.9 Å². The molecule has 1 aliphatic rings. The van der Waals surface area contributed by atoms with Crippen LogP contribution in [0.3, 0.4) is 0 Å². The van der Waals surface area contributed by atoms with Gasteiger partial charge in [0.2, 0.25) is 15.9 Å². The molecular weight excluding hydrogens is 384 g/mol. The minimum absolute atomic E-state index is 0.0187. The lowest BCUT2D eigenvalue weighted by Crippen LogP contribution is -2.43. The number of nitrogens with zero attached hydrogens (tertiary/aromatic N) is 1. The predicted molar refractivity (Wildman–Crippen MR) is 115 cm³/mol.